The predicted molar refractivity (Wildman–Crippen MR) is 54.4 cm³/mol. The monoisotopic (exact) mass is 221 g/mol. The number of hydrogen-bond donors (Lipinski definition) is 3. The largest absolute Gasteiger partial charge is 0.394 e. The van der Waals surface area contributed by atoms with Gasteiger partial charge < -0.3 is 15.5 Å². The molecule has 1 rings (SSSR count). The average molecular weight is 221 g/mol. The summed E-state index contributed by atoms with van der Waals surface area (Å²) in [6, 6.07) is 4.05. The lowest BCUT2D eigenvalue weighted by atomic mass is 10.2. The molecule has 6 heteroatoms. The first-order valence-electron chi connectivity index (χ1n) is 4.60. The van der Waals surface area contributed by atoms with Crippen LogP contribution in [0, 0.1) is 11.3 Å². The molecule has 1 aromatic rings. The first-order chi connectivity index (χ1) is 7.71. The standard InChI is InChI=1S/C10H11N3O3/c11-3-7-1-2-9(12-4-7)10(16)13-8(5-14)6-15/h1-2,4,8,14-15H,5-6H2,(H,13,16). The Morgan fingerprint density at radius 3 is 2.62 bits per heavy atom. The molecule has 0 fully saturated rings. The molecule has 0 aliphatic heterocycles. The Hall–Kier alpha value is -1.97. The molecule has 1 amide bonds. The quantitative estimate of drug-likeness (QED) is 0.607. The van der Waals surface area contributed by atoms with E-state index in [0.717, 1.165) is 0 Å². The summed E-state index contributed by atoms with van der Waals surface area (Å²) in [4.78, 5) is 15.3. The Bertz CT molecular complexity index is 393. The van der Waals surface area contributed by atoms with E-state index < -0.39 is 11.9 Å². The number of amides is 1. The van der Waals surface area contributed by atoms with Gasteiger partial charge in [0.2, 0.25) is 0 Å². The Morgan fingerprint density at radius 1 is 1.50 bits per heavy atom. The smallest absolute Gasteiger partial charge is 0.270 e. The number of nitrogens with zero attached hydrogens (tertiary/aromatic N) is 2. The summed E-state index contributed by atoms with van der Waals surface area (Å²) in [7, 11) is 0. The number of aliphatic hydroxyl groups excluding tert-OH is 2. The van der Waals surface area contributed by atoms with Crippen LogP contribution in [0.1, 0.15) is 16.1 Å². The van der Waals surface area contributed by atoms with E-state index in [9.17, 15) is 4.79 Å². The van der Waals surface area contributed by atoms with Crippen LogP contribution in [0.15, 0.2) is 18.3 Å². The van der Waals surface area contributed by atoms with Crippen molar-refractivity contribution in [2.45, 2.75) is 6.04 Å². The van der Waals surface area contributed by atoms with Crippen molar-refractivity contribution >= 4 is 5.91 Å². The highest BCUT2D eigenvalue weighted by Crippen LogP contribution is 1.99. The summed E-state index contributed by atoms with van der Waals surface area (Å²) in [5, 5.41) is 28.4. The lowest BCUT2D eigenvalue weighted by molar-refractivity contribution is 0.0874. The molecule has 0 aromatic carbocycles. The van der Waals surface area contributed by atoms with Crippen LogP contribution < -0.4 is 5.32 Å². The van der Waals surface area contributed by atoms with Crippen molar-refractivity contribution in [2.75, 3.05) is 13.2 Å². The molecule has 0 saturated carbocycles. The molecule has 0 aliphatic rings. The molecular weight excluding hydrogens is 210 g/mol. The van der Waals surface area contributed by atoms with Crippen molar-refractivity contribution in [2.24, 2.45) is 0 Å². The maximum atomic E-state index is 11.5. The lowest BCUT2D eigenvalue weighted by Crippen LogP contribution is -2.40. The zero-order valence-electron chi connectivity index (χ0n) is 8.42. The summed E-state index contributed by atoms with van der Waals surface area (Å²) in [6.45, 7) is -0.697. The van der Waals surface area contributed by atoms with E-state index in [1.54, 1.807) is 0 Å². The lowest BCUT2D eigenvalue weighted by Gasteiger charge is -2.12. The minimum atomic E-state index is -0.704. The van der Waals surface area contributed by atoms with E-state index >= 15 is 0 Å². The normalized spacial score (nSPS) is 9.88. The summed E-state index contributed by atoms with van der Waals surface area (Å²) in [5.74, 6) is -0.502. The molecule has 3 N–H and O–H groups in total. The predicted octanol–water partition coefficient (Wildman–Crippen LogP) is -0.964. The topological polar surface area (TPSA) is 106 Å². The number of nitrogens with one attached hydrogen (secondary N) is 1. The van der Waals surface area contributed by atoms with Crippen molar-refractivity contribution in [1.82, 2.24) is 10.3 Å². The fourth-order valence-corrected chi connectivity index (χ4v) is 1.00. The van der Waals surface area contributed by atoms with E-state index in [-0.39, 0.29) is 18.9 Å². The molecule has 0 unspecified atom stereocenters. The number of rotatable bonds is 4. The van der Waals surface area contributed by atoms with Crippen molar-refractivity contribution in [1.29, 1.82) is 5.26 Å². The van der Waals surface area contributed by atoms with Crippen molar-refractivity contribution < 1.29 is 15.0 Å². The highest BCUT2D eigenvalue weighted by Gasteiger charge is 2.12. The highest BCUT2D eigenvalue weighted by molar-refractivity contribution is 5.92. The second kappa shape index (κ2) is 5.80. The van der Waals surface area contributed by atoms with E-state index in [0.29, 0.717) is 5.56 Å². The van der Waals surface area contributed by atoms with Crippen molar-refractivity contribution in [3.63, 3.8) is 0 Å². The van der Waals surface area contributed by atoms with Crippen LogP contribution in [0.25, 0.3) is 0 Å². The number of carbonyl (C=O) groups is 1. The molecule has 1 heterocycles. The number of pyridine rings is 1. The van der Waals surface area contributed by atoms with Gasteiger partial charge in [-0.3, -0.25) is 4.79 Å². The maximum absolute atomic E-state index is 11.5. The SMILES string of the molecule is N#Cc1ccc(C(=O)NC(CO)CO)nc1. The van der Waals surface area contributed by atoms with Gasteiger partial charge >= 0.3 is 0 Å². The third kappa shape index (κ3) is 3.02. The fourth-order valence-electron chi connectivity index (χ4n) is 1.00. The number of nitriles is 1. The van der Waals surface area contributed by atoms with E-state index in [1.165, 1.54) is 18.3 Å². The maximum Gasteiger partial charge on any atom is 0.270 e. The molecule has 1 aromatic heterocycles. The van der Waals surface area contributed by atoms with E-state index in [1.807, 2.05) is 6.07 Å². The molecule has 0 saturated heterocycles. The van der Waals surface area contributed by atoms with Crippen molar-refractivity contribution in [3.05, 3.63) is 29.6 Å². The minimum absolute atomic E-state index is 0.130. The van der Waals surface area contributed by atoms with E-state index in [4.69, 9.17) is 15.5 Å². The molecule has 16 heavy (non-hydrogen) atoms. The number of aromatic nitrogens is 1. The Balaban J connectivity index is 2.70. The number of carbonyl (C=O) groups excluding carboxylic acids is 1. The third-order valence-electron chi connectivity index (χ3n) is 1.90. The Kier molecular flexibility index (Phi) is 4.39. The number of aliphatic hydroxyl groups is 2. The Labute approximate surface area is 92.2 Å². The van der Waals surface area contributed by atoms with Gasteiger partial charge in [-0.1, -0.05) is 0 Å². The molecule has 0 radical (unpaired) electrons. The van der Waals surface area contributed by atoms with Crippen LogP contribution >= 0.6 is 0 Å². The molecule has 0 atom stereocenters. The first kappa shape index (κ1) is 12.1. The highest BCUT2D eigenvalue weighted by atomic mass is 16.3. The third-order valence-corrected chi connectivity index (χ3v) is 1.90. The zero-order chi connectivity index (χ0) is 12.0. The van der Waals surface area contributed by atoms with Gasteiger partial charge in [0.25, 0.3) is 5.91 Å². The van der Waals surface area contributed by atoms with Gasteiger partial charge in [0, 0.05) is 6.20 Å². The number of hydrogen-bond acceptors (Lipinski definition) is 5. The summed E-state index contributed by atoms with van der Waals surface area (Å²) in [5.41, 5.74) is 0.489. The average Bonchev–Trinajstić information content (AvgIpc) is 2.35. The fraction of sp³-hybridized carbons (Fsp3) is 0.300. The summed E-state index contributed by atoms with van der Waals surface area (Å²) >= 11 is 0. The summed E-state index contributed by atoms with van der Waals surface area (Å²) < 4.78 is 0. The van der Waals surface area contributed by atoms with Gasteiger partial charge in [-0.25, -0.2) is 4.98 Å². The molecule has 84 valence electrons. The van der Waals surface area contributed by atoms with Crippen LogP contribution in [0.3, 0.4) is 0 Å². The first-order valence-corrected chi connectivity index (χ1v) is 4.60. The van der Waals surface area contributed by atoms with Crippen molar-refractivity contribution in [3.8, 4) is 6.07 Å². The van der Waals surface area contributed by atoms with Gasteiger partial charge in [-0.15, -0.1) is 0 Å². The van der Waals surface area contributed by atoms with Crippen LogP contribution in [0.2, 0.25) is 0 Å². The van der Waals surface area contributed by atoms with Crippen LogP contribution in [0.5, 0.6) is 0 Å². The van der Waals surface area contributed by atoms with E-state index in [2.05, 4.69) is 10.3 Å². The zero-order valence-corrected chi connectivity index (χ0v) is 8.42. The molecule has 0 aliphatic carbocycles. The molecular formula is C10H11N3O3. The molecule has 6 nitrogen and oxygen atoms in total. The Morgan fingerprint density at radius 2 is 2.19 bits per heavy atom. The molecule has 0 bridgehead atoms. The van der Waals surface area contributed by atoms with Gasteiger partial charge in [0.05, 0.1) is 24.8 Å². The van der Waals surface area contributed by atoms with Gasteiger partial charge in [-0.05, 0) is 12.1 Å². The minimum Gasteiger partial charge on any atom is -0.394 e. The second-order valence-electron chi connectivity index (χ2n) is 3.08. The second-order valence-corrected chi connectivity index (χ2v) is 3.08. The molecule has 0 spiro atoms. The van der Waals surface area contributed by atoms with Crippen LogP contribution in [0.4, 0.5) is 0 Å². The van der Waals surface area contributed by atoms with Gasteiger partial charge in [0.1, 0.15) is 11.8 Å². The summed E-state index contributed by atoms with van der Waals surface area (Å²) in [6.07, 6.45) is 1.28. The van der Waals surface area contributed by atoms with Gasteiger partial charge in [-0.2, -0.15) is 5.26 Å². The van der Waals surface area contributed by atoms with Crippen LogP contribution in [-0.4, -0.2) is 40.4 Å². The van der Waals surface area contributed by atoms with Gasteiger partial charge in [0.15, 0.2) is 0 Å². The van der Waals surface area contributed by atoms with Crippen LogP contribution in [-0.2, 0) is 0 Å².